The summed E-state index contributed by atoms with van der Waals surface area (Å²) in [5.41, 5.74) is 3.35. The van der Waals surface area contributed by atoms with Crippen LogP contribution in [0.2, 0.25) is 0 Å². The monoisotopic (exact) mass is 362 g/mol. The second kappa shape index (κ2) is 7.01. The lowest BCUT2D eigenvalue weighted by Crippen LogP contribution is -2.42. The fraction of sp³-hybridized carbons (Fsp3) is 0.200. The van der Waals surface area contributed by atoms with Crippen LogP contribution in [0.15, 0.2) is 33.9 Å². The van der Waals surface area contributed by atoms with Crippen LogP contribution in [0.1, 0.15) is 20.7 Å². The molecule has 1 aromatic heterocycles. The number of ketones is 1. The molecule has 0 bridgehead atoms. The Morgan fingerprint density at radius 3 is 2.27 bits per heavy atom. The first-order valence-electron chi connectivity index (χ1n) is 7.15. The number of ether oxygens (including phenoxy) is 1. The summed E-state index contributed by atoms with van der Waals surface area (Å²) in [6.45, 7) is -0.784. The first-order chi connectivity index (χ1) is 12.1. The first-order valence-corrected chi connectivity index (χ1v) is 7.15. The lowest BCUT2D eigenvalue weighted by Gasteiger charge is -2.11. The quantitative estimate of drug-likeness (QED) is 0.326. The number of nitro groups is 1. The average molecular weight is 362 g/mol. The molecule has 2 rings (SSSR count). The minimum absolute atomic E-state index is 0.00950. The van der Waals surface area contributed by atoms with Crippen molar-refractivity contribution < 1.29 is 19.2 Å². The molecule has 0 aliphatic carbocycles. The molecule has 136 valence electrons. The summed E-state index contributed by atoms with van der Waals surface area (Å²) in [5.74, 6) is -2.13. The van der Waals surface area contributed by atoms with Gasteiger partial charge in [-0.25, -0.2) is 9.59 Å². The maximum Gasteiger partial charge on any atom is 0.338 e. The average Bonchev–Trinajstić information content (AvgIpc) is 2.63. The van der Waals surface area contributed by atoms with Gasteiger partial charge in [0.2, 0.25) is 5.78 Å². The fourth-order valence-electron chi connectivity index (χ4n) is 2.13. The van der Waals surface area contributed by atoms with Gasteiger partial charge in [-0.2, -0.15) is 0 Å². The molecule has 0 aliphatic rings. The predicted molar refractivity (Wildman–Crippen MR) is 89.0 cm³/mol. The third kappa shape index (κ3) is 3.36. The summed E-state index contributed by atoms with van der Waals surface area (Å²) >= 11 is 0. The number of anilines is 1. The second-order valence-corrected chi connectivity index (χ2v) is 5.27. The molecule has 0 radical (unpaired) electrons. The van der Waals surface area contributed by atoms with Crippen LogP contribution in [0.5, 0.6) is 0 Å². The van der Waals surface area contributed by atoms with Gasteiger partial charge in [0.25, 0.3) is 11.2 Å². The molecule has 2 N–H and O–H groups in total. The molecule has 0 saturated heterocycles. The van der Waals surface area contributed by atoms with Crippen LogP contribution in [-0.2, 0) is 18.8 Å². The first kappa shape index (κ1) is 18.6. The van der Waals surface area contributed by atoms with E-state index >= 15 is 0 Å². The highest BCUT2D eigenvalue weighted by molar-refractivity contribution is 6.02. The van der Waals surface area contributed by atoms with E-state index in [1.807, 2.05) is 0 Å². The van der Waals surface area contributed by atoms with Crippen LogP contribution in [0.3, 0.4) is 0 Å². The molecule has 0 unspecified atom stereocenters. The number of carbonyl (C=O) groups is 2. The van der Waals surface area contributed by atoms with Gasteiger partial charge in [-0.05, 0) is 12.1 Å². The molecule has 11 nitrogen and oxygen atoms in total. The second-order valence-electron chi connectivity index (χ2n) is 5.27. The number of nitrogens with two attached hydrogens (primary N) is 1. The van der Waals surface area contributed by atoms with Gasteiger partial charge in [0.1, 0.15) is 11.4 Å². The van der Waals surface area contributed by atoms with Crippen LogP contribution >= 0.6 is 0 Å². The van der Waals surface area contributed by atoms with Crippen molar-refractivity contribution >= 4 is 23.3 Å². The molecule has 0 amide bonds. The maximum absolute atomic E-state index is 12.2. The van der Waals surface area contributed by atoms with Crippen molar-refractivity contribution in [2.75, 3.05) is 12.3 Å². The molecule has 0 spiro atoms. The van der Waals surface area contributed by atoms with Gasteiger partial charge in [-0.1, -0.05) is 0 Å². The Morgan fingerprint density at radius 2 is 1.73 bits per heavy atom. The Kier molecular flexibility index (Phi) is 5.01. The molecule has 26 heavy (non-hydrogen) atoms. The Labute approximate surface area is 145 Å². The normalized spacial score (nSPS) is 10.4. The number of esters is 1. The molecule has 2 aromatic rings. The number of nitrogen functional groups attached to an aromatic ring is 1. The Bertz CT molecular complexity index is 1020. The van der Waals surface area contributed by atoms with E-state index < -0.39 is 40.1 Å². The van der Waals surface area contributed by atoms with Gasteiger partial charge >= 0.3 is 11.7 Å². The lowest BCUT2D eigenvalue weighted by atomic mass is 10.2. The number of rotatable bonds is 5. The molecular formula is C15H14N4O7. The number of benzene rings is 1. The van der Waals surface area contributed by atoms with Crippen LogP contribution in [0.4, 0.5) is 11.5 Å². The number of carbonyl (C=O) groups excluding carboxylic acids is 2. The standard InChI is InChI=1S/C15H14N4O7/c1-17-12(16)11(13(21)18(2)15(17)23)10(20)7-26-14(22)8-3-5-9(6-4-8)19(24)25/h3-6H,7,16H2,1-2H3. The SMILES string of the molecule is Cn1c(N)c(C(=O)COC(=O)c2ccc([N+](=O)[O-])cc2)c(=O)n(C)c1=O. The van der Waals surface area contributed by atoms with Crippen molar-refractivity contribution in [3.63, 3.8) is 0 Å². The van der Waals surface area contributed by atoms with Crippen LogP contribution in [0, 0.1) is 10.1 Å². The number of non-ortho nitro benzene ring substituents is 1. The van der Waals surface area contributed by atoms with E-state index in [0.717, 1.165) is 16.7 Å². The number of hydrogen-bond donors (Lipinski definition) is 1. The zero-order chi connectivity index (χ0) is 19.6. The molecule has 0 aliphatic heterocycles. The molecule has 1 heterocycles. The van der Waals surface area contributed by atoms with Gasteiger partial charge in [0, 0.05) is 26.2 Å². The highest BCUT2D eigenvalue weighted by Gasteiger charge is 2.21. The van der Waals surface area contributed by atoms with Crippen molar-refractivity contribution in [2.45, 2.75) is 0 Å². The number of Topliss-reactive ketones (excluding diaryl/α,β-unsaturated/α-hetero) is 1. The Balaban J connectivity index is 2.19. The number of nitrogens with zero attached hydrogens (tertiary/aromatic N) is 3. The third-order valence-electron chi connectivity index (χ3n) is 3.64. The van der Waals surface area contributed by atoms with Crippen molar-refractivity contribution in [2.24, 2.45) is 14.1 Å². The zero-order valence-corrected chi connectivity index (χ0v) is 13.8. The third-order valence-corrected chi connectivity index (χ3v) is 3.64. The smallest absolute Gasteiger partial charge is 0.338 e. The van der Waals surface area contributed by atoms with E-state index in [1.165, 1.54) is 26.2 Å². The van der Waals surface area contributed by atoms with Crippen molar-refractivity contribution in [1.29, 1.82) is 0 Å². The van der Waals surface area contributed by atoms with Crippen molar-refractivity contribution in [3.8, 4) is 0 Å². The number of aromatic nitrogens is 2. The van der Waals surface area contributed by atoms with E-state index in [9.17, 15) is 29.3 Å². The van der Waals surface area contributed by atoms with E-state index in [-0.39, 0.29) is 17.1 Å². The summed E-state index contributed by atoms with van der Waals surface area (Å²) in [6.07, 6.45) is 0. The van der Waals surface area contributed by atoms with Gasteiger partial charge < -0.3 is 10.5 Å². The van der Waals surface area contributed by atoms with E-state index in [0.29, 0.717) is 4.57 Å². The molecule has 1 aromatic carbocycles. The number of nitro benzene ring substituents is 1. The molecule has 0 saturated carbocycles. The summed E-state index contributed by atoms with van der Waals surface area (Å²) in [7, 11) is 2.47. The highest BCUT2D eigenvalue weighted by atomic mass is 16.6. The van der Waals surface area contributed by atoms with Gasteiger partial charge in [0.05, 0.1) is 10.5 Å². The minimum Gasteiger partial charge on any atom is -0.454 e. The molecule has 11 heteroatoms. The van der Waals surface area contributed by atoms with Crippen molar-refractivity contribution in [3.05, 3.63) is 66.3 Å². The topological polar surface area (TPSA) is 157 Å². The van der Waals surface area contributed by atoms with Gasteiger partial charge in [-0.3, -0.25) is 28.8 Å². The minimum atomic E-state index is -0.909. The number of hydrogen-bond acceptors (Lipinski definition) is 8. The Hall–Kier alpha value is -3.76. The van der Waals surface area contributed by atoms with Gasteiger partial charge in [0.15, 0.2) is 6.61 Å². The van der Waals surface area contributed by atoms with E-state index in [4.69, 9.17) is 10.5 Å². The fourth-order valence-corrected chi connectivity index (χ4v) is 2.13. The molecule has 0 fully saturated rings. The highest BCUT2D eigenvalue weighted by Crippen LogP contribution is 2.13. The maximum atomic E-state index is 12.2. The van der Waals surface area contributed by atoms with Crippen LogP contribution in [0.25, 0.3) is 0 Å². The summed E-state index contributed by atoms with van der Waals surface area (Å²) in [4.78, 5) is 57.8. The predicted octanol–water partition coefficient (Wildman–Crippen LogP) is -0.386. The Morgan fingerprint density at radius 1 is 1.15 bits per heavy atom. The largest absolute Gasteiger partial charge is 0.454 e. The van der Waals surface area contributed by atoms with Crippen LogP contribution in [-0.4, -0.2) is 32.4 Å². The zero-order valence-electron chi connectivity index (χ0n) is 13.8. The summed E-state index contributed by atoms with van der Waals surface area (Å²) < 4.78 is 6.45. The van der Waals surface area contributed by atoms with Gasteiger partial charge in [-0.15, -0.1) is 0 Å². The van der Waals surface area contributed by atoms with E-state index in [2.05, 4.69) is 0 Å². The lowest BCUT2D eigenvalue weighted by molar-refractivity contribution is -0.384. The summed E-state index contributed by atoms with van der Waals surface area (Å²) in [5, 5.41) is 10.6. The van der Waals surface area contributed by atoms with E-state index in [1.54, 1.807) is 0 Å². The van der Waals surface area contributed by atoms with Crippen molar-refractivity contribution in [1.82, 2.24) is 9.13 Å². The summed E-state index contributed by atoms with van der Waals surface area (Å²) in [6, 6.07) is 4.56. The molecule has 0 atom stereocenters. The molecular weight excluding hydrogens is 348 g/mol. The van der Waals surface area contributed by atoms with Crippen LogP contribution < -0.4 is 17.0 Å².